The van der Waals surface area contributed by atoms with Crippen LogP contribution in [0.25, 0.3) is 0 Å². The predicted octanol–water partition coefficient (Wildman–Crippen LogP) is 5.48. The van der Waals surface area contributed by atoms with Gasteiger partial charge in [-0.25, -0.2) is 0 Å². The first kappa shape index (κ1) is 24.1. The van der Waals surface area contributed by atoms with Crippen LogP contribution in [0, 0.1) is 29.6 Å². The zero-order valence-electron chi connectivity index (χ0n) is 19.2. The van der Waals surface area contributed by atoms with Crippen LogP contribution >= 0.6 is 0 Å². The summed E-state index contributed by atoms with van der Waals surface area (Å²) in [5.41, 5.74) is 0. The molecule has 2 aliphatic rings. The number of hydrogen-bond acceptors (Lipinski definition) is 3. The number of fused-ring (bicyclic) bond motifs is 2. The summed E-state index contributed by atoms with van der Waals surface area (Å²) in [5, 5.41) is 2.91. The molecule has 0 spiro atoms. The molecule has 166 valence electrons. The quantitative estimate of drug-likeness (QED) is 0.580. The molecule has 1 heterocycles. The number of carbonyl (C=O) groups is 3. The topological polar surface area (TPSA) is 63.2 Å². The third-order valence-corrected chi connectivity index (χ3v) is 7.14. The summed E-state index contributed by atoms with van der Waals surface area (Å²) in [6.45, 7) is 8.89. The first-order valence-corrected chi connectivity index (χ1v) is 12.1. The third-order valence-electron chi connectivity index (χ3n) is 7.14. The fourth-order valence-electron chi connectivity index (χ4n) is 5.30. The Hall–Kier alpha value is -1.19. The molecule has 1 N–H and O–H groups in total. The van der Waals surface area contributed by atoms with Crippen LogP contribution in [-0.4, -0.2) is 23.5 Å². The Kier molecular flexibility index (Phi) is 9.85. The minimum absolute atomic E-state index is 0.0649. The van der Waals surface area contributed by atoms with Crippen LogP contribution in [-0.2, 0) is 14.4 Å². The number of Topliss-reactive ketones (excluding diaryl/α,β-unsaturated/α-hetero) is 2. The average Bonchev–Trinajstić information content (AvgIpc) is 2.64. The molecule has 0 aromatic heterocycles. The molecule has 0 radical (unpaired) electrons. The van der Waals surface area contributed by atoms with E-state index in [9.17, 15) is 14.4 Å². The maximum absolute atomic E-state index is 12.9. The van der Waals surface area contributed by atoms with E-state index in [0.29, 0.717) is 12.3 Å². The highest BCUT2D eigenvalue weighted by Gasteiger charge is 2.37. The SMILES string of the molecule is CC1CCCCCC(C)C(=O)NC2CC(=O)CC(CC(C)CCCC(C)C1)C2=O. The molecule has 4 heteroatoms. The Morgan fingerprint density at radius 3 is 1.97 bits per heavy atom. The lowest BCUT2D eigenvalue weighted by atomic mass is 9.77. The van der Waals surface area contributed by atoms with Crippen LogP contribution in [0.15, 0.2) is 0 Å². The molecule has 2 fully saturated rings. The molecule has 1 saturated heterocycles. The number of nitrogens with one attached hydrogen (secondary N) is 1. The number of rotatable bonds is 0. The van der Waals surface area contributed by atoms with Crippen LogP contribution in [0.5, 0.6) is 0 Å². The summed E-state index contributed by atoms with van der Waals surface area (Å²) in [6.07, 6.45) is 11.8. The maximum Gasteiger partial charge on any atom is 0.223 e. The molecule has 6 atom stereocenters. The van der Waals surface area contributed by atoms with Gasteiger partial charge in [0.25, 0.3) is 0 Å². The largest absolute Gasteiger partial charge is 0.346 e. The fraction of sp³-hybridized carbons (Fsp3) is 0.880. The second-order valence-electron chi connectivity index (χ2n) is 10.4. The van der Waals surface area contributed by atoms with Crippen molar-refractivity contribution in [2.45, 2.75) is 111 Å². The molecule has 2 bridgehead atoms. The highest BCUT2D eigenvalue weighted by Crippen LogP contribution is 2.29. The highest BCUT2D eigenvalue weighted by atomic mass is 16.2. The summed E-state index contributed by atoms with van der Waals surface area (Å²) in [6, 6.07) is -0.605. The molecule has 2 rings (SSSR count). The summed E-state index contributed by atoms with van der Waals surface area (Å²) < 4.78 is 0. The van der Waals surface area contributed by atoms with Crippen LogP contribution in [0.2, 0.25) is 0 Å². The van der Waals surface area contributed by atoms with Crippen molar-refractivity contribution in [2.75, 3.05) is 0 Å². The molecule has 29 heavy (non-hydrogen) atoms. The van der Waals surface area contributed by atoms with Gasteiger partial charge in [-0.05, 0) is 37.0 Å². The van der Waals surface area contributed by atoms with Gasteiger partial charge in [-0.15, -0.1) is 0 Å². The van der Waals surface area contributed by atoms with Gasteiger partial charge in [-0.3, -0.25) is 14.4 Å². The van der Waals surface area contributed by atoms with E-state index < -0.39 is 6.04 Å². The van der Waals surface area contributed by atoms with E-state index >= 15 is 0 Å². The van der Waals surface area contributed by atoms with E-state index in [4.69, 9.17) is 0 Å². The molecule has 4 nitrogen and oxygen atoms in total. The van der Waals surface area contributed by atoms with Crippen LogP contribution in [0.4, 0.5) is 0 Å². The average molecular weight is 406 g/mol. The zero-order valence-corrected chi connectivity index (χ0v) is 19.2. The first-order chi connectivity index (χ1) is 13.8. The van der Waals surface area contributed by atoms with Gasteiger partial charge in [0.1, 0.15) is 5.78 Å². The number of hydrogen-bond donors (Lipinski definition) is 1. The van der Waals surface area contributed by atoms with E-state index in [0.717, 1.165) is 43.9 Å². The lowest BCUT2D eigenvalue weighted by molar-refractivity contribution is -0.138. The standard InChI is InChI=1S/C25H43NO3/c1-17-9-6-5-7-12-20(4)25(29)26-23-16-22(27)15-21(24(23)28)14-19(3)11-8-10-18(2)13-17/h17-21,23H,5-16H2,1-4H3,(H,26,29). The molecule has 1 aliphatic carbocycles. The zero-order chi connectivity index (χ0) is 21.4. The molecule has 0 aromatic carbocycles. The molecular formula is C25H43NO3. The van der Waals surface area contributed by atoms with Crippen molar-refractivity contribution >= 4 is 17.5 Å². The van der Waals surface area contributed by atoms with E-state index in [1.165, 1.54) is 32.1 Å². The number of ketones is 2. The van der Waals surface area contributed by atoms with E-state index in [1.807, 2.05) is 6.92 Å². The Morgan fingerprint density at radius 1 is 0.690 bits per heavy atom. The lowest BCUT2D eigenvalue weighted by Gasteiger charge is -2.30. The number of carbonyl (C=O) groups excluding carboxylic acids is 3. The first-order valence-electron chi connectivity index (χ1n) is 12.1. The monoisotopic (exact) mass is 405 g/mol. The third kappa shape index (κ3) is 8.22. The molecule has 1 aliphatic heterocycles. The van der Waals surface area contributed by atoms with E-state index in [1.54, 1.807) is 0 Å². The predicted molar refractivity (Wildman–Crippen MR) is 117 cm³/mol. The van der Waals surface area contributed by atoms with Crippen LogP contribution < -0.4 is 5.32 Å². The molecule has 1 amide bonds. The van der Waals surface area contributed by atoms with Gasteiger partial charge in [-0.2, -0.15) is 0 Å². The van der Waals surface area contributed by atoms with E-state index in [-0.39, 0.29) is 35.7 Å². The Morgan fingerprint density at radius 2 is 1.28 bits per heavy atom. The Balaban J connectivity index is 2.03. The van der Waals surface area contributed by atoms with Crippen molar-refractivity contribution in [1.82, 2.24) is 5.32 Å². The smallest absolute Gasteiger partial charge is 0.223 e. The summed E-state index contributed by atoms with van der Waals surface area (Å²) in [4.78, 5) is 37.8. The normalized spacial score (nSPS) is 37.2. The van der Waals surface area contributed by atoms with Crippen molar-refractivity contribution in [3.8, 4) is 0 Å². The van der Waals surface area contributed by atoms with Gasteiger partial charge in [0, 0.05) is 24.7 Å². The minimum atomic E-state index is -0.605. The highest BCUT2D eigenvalue weighted by molar-refractivity contribution is 6.00. The summed E-state index contributed by atoms with van der Waals surface area (Å²) in [7, 11) is 0. The Bertz CT molecular complexity index is 558. The van der Waals surface area contributed by atoms with Crippen LogP contribution in [0.1, 0.15) is 105 Å². The van der Waals surface area contributed by atoms with Crippen molar-refractivity contribution in [3.63, 3.8) is 0 Å². The summed E-state index contributed by atoms with van der Waals surface area (Å²) >= 11 is 0. The lowest BCUT2D eigenvalue weighted by Crippen LogP contribution is -2.50. The van der Waals surface area contributed by atoms with Gasteiger partial charge in [-0.1, -0.05) is 72.6 Å². The van der Waals surface area contributed by atoms with E-state index in [2.05, 4.69) is 26.1 Å². The second kappa shape index (κ2) is 11.9. The van der Waals surface area contributed by atoms with Crippen LogP contribution in [0.3, 0.4) is 0 Å². The minimum Gasteiger partial charge on any atom is -0.346 e. The summed E-state index contributed by atoms with van der Waals surface area (Å²) in [5.74, 6) is 1.78. The van der Waals surface area contributed by atoms with Crippen molar-refractivity contribution in [3.05, 3.63) is 0 Å². The maximum atomic E-state index is 12.9. The van der Waals surface area contributed by atoms with Crippen molar-refractivity contribution in [2.24, 2.45) is 29.6 Å². The molecule has 1 saturated carbocycles. The van der Waals surface area contributed by atoms with Gasteiger partial charge in [0.05, 0.1) is 6.04 Å². The van der Waals surface area contributed by atoms with Crippen molar-refractivity contribution in [1.29, 1.82) is 0 Å². The molecule has 6 unspecified atom stereocenters. The molecule has 0 aromatic rings. The van der Waals surface area contributed by atoms with Crippen molar-refractivity contribution < 1.29 is 14.4 Å². The molecular weight excluding hydrogens is 362 g/mol. The van der Waals surface area contributed by atoms with Gasteiger partial charge >= 0.3 is 0 Å². The van der Waals surface area contributed by atoms with Gasteiger partial charge in [0.2, 0.25) is 5.91 Å². The number of amides is 1. The second-order valence-corrected chi connectivity index (χ2v) is 10.4. The van der Waals surface area contributed by atoms with Gasteiger partial charge < -0.3 is 5.32 Å². The fourth-order valence-corrected chi connectivity index (χ4v) is 5.30. The van der Waals surface area contributed by atoms with Gasteiger partial charge in [0.15, 0.2) is 5.78 Å². The Labute approximate surface area is 178 Å².